The number of nitrogens with one attached hydrogen (secondary N) is 1. The molecular weight excluding hydrogens is 709 g/mol. The third-order valence-electron chi connectivity index (χ3n) is 8.99. The van der Waals surface area contributed by atoms with Crippen LogP contribution in [-0.4, -0.2) is 73.6 Å². The lowest BCUT2D eigenvalue weighted by Crippen LogP contribution is -2.48. The van der Waals surface area contributed by atoms with Crippen LogP contribution in [0.1, 0.15) is 60.9 Å². The zero-order chi connectivity index (χ0) is 38.3. The third kappa shape index (κ3) is 9.11. The van der Waals surface area contributed by atoms with Crippen LogP contribution in [-0.2, 0) is 15.6 Å². The van der Waals surface area contributed by atoms with Gasteiger partial charge in [-0.2, -0.15) is 14.6 Å². The maximum Gasteiger partial charge on any atom is 0.338 e. The SMILES string of the molecule is CCNC(=O)N1N=C(c2cc(F)ccc2F)CC1(CCCN(C)C)c1ccccc1.CS(=O)(=O)N1N=C(c2cc(F)ccc2F)CC1c1ccccc1. The van der Waals surface area contributed by atoms with E-state index in [2.05, 4.69) is 20.4 Å². The quantitative estimate of drug-likeness (QED) is 0.171. The van der Waals surface area contributed by atoms with Crippen molar-refractivity contribution in [2.45, 2.75) is 44.2 Å². The summed E-state index contributed by atoms with van der Waals surface area (Å²) in [6, 6.07) is 24.1. The Morgan fingerprint density at radius 1 is 0.849 bits per heavy atom. The van der Waals surface area contributed by atoms with Gasteiger partial charge in [0.2, 0.25) is 10.0 Å². The average molecular weight is 751 g/mol. The normalized spacial score (nSPS) is 18.4. The van der Waals surface area contributed by atoms with Crippen LogP contribution in [0.3, 0.4) is 0 Å². The Morgan fingerprint density at radius 3 is 1.96 bits per heavy atom. The molecule has 4 aromatic rings. The maximum atomic E-state index is 14.5. The topological polar surface area (TPSA) is 97.7 Å². The number of nitrogens with zero attached hydrogens (tertiary/aromatic N) is 5. The van der Waals surface area contributed by atoms with E-state index in [9.17, 15) is 30.8 Å². The van der Waals surface area contributed by atoms with Crippen LogP contribution < -0.4 is 5.32 Å². The van der Waals surface area contributed by atoms with Gasteiger partial charge in [-0.15, -0.1) is 0 Å². The Bertz CT molecular complexity index is 2080. The molecule has 0 aliphatic carbocycles. The van der Waals surface area contributed by atoms with Crippen LogP contribution in [0.15, 0.2) is 107 Å². The second kappa shape index (κ2) is 16.7. The molecule has 0 radical (unpaired) electrons. The van der Waals surface area contributed by atoms with Crippen molar-refractivity contribution in [3.8, 4) is 0 Å². The van der Waals surface area contributed by atoms with Gasteiger partial charge in [0, 0.05) is 30.5 Å². The van der Waals surface area contributed by atoms with Gasteiger partial charge in [0.1, 0.15) is 23.3 Å². The number of carbonyl (C=O) groups is 1. The molecule has 2 amide bonds. The molecule has 0 saturated heterocycles. The Balaban J connectivity index is 0.000000211. The molecule has 0 saturated carbocycles. The highest BCUT2D eigenvalue weighted by molar-refractivity contribution is 7.88. The molecule has 280 valence electrons. The first-order valence-electron chi connectivity index (χ1n) is 17.1. The molecule has 53 heavy (non-hydrogen) atoms. The van der Waals surface area contributed by atoms with Gasteiger partial charge in [0.25, 0.3) is 0 Å². The summed E-state index contributed by atoms with van der Waals surface area (Å²) in [5.74, 6) is -2.32. The van der Waals surface area contributed by atoms with Crippen LogP contribution in [0, 0.1) is 23.3 Å². The van der Waals surface area contributed by atoms with E-state index in [0.29, 0.717) is 25.1 Å². The fraction of sp³-hybridized carbons (Fsp3) is 0.308. The van der Waals surface area contributed by atoms with E-state index in [1.54, 1.807) is 24.3 Å². The first-order chi connectivity index (χ1) is 25.2. The van der Waals surface area contributed by atoms with Gasteiger partial charge in [0.05, 0.1) is 29.3 Å². The molecule has 0 aromatic heterocycles. The van der Waals surface area contributed by atoms with Gasteiger partial charge in [-0.25, -0.2) is 35.8 Å². The predicted octanol–water partition coefficient (Wildman–Crippen LogP) is 7.42. The minimum Gasteiger partial charge on any atom is -0.337 e. The minimum absolute atomic E-state index is 0.0166. The highest BCUT2D eigenvalue weighted by Crippen LogP contribution is 2.43. The maximum absolute atomic E-state index is 14.5. The first-order valence-corrected chi connectivity index (χ1v) is 19.0. The first kappa shape index (κ1) is 39.1. The van der Waals surface area contributed by atoms with Crippen molar-refractivity contribution in [2.75, 3.05) is 33.4 Å². The number of carbonyl (C=O) groups excluding carboxylic acids is 1. The van der Waals surface area contributed by atoms with Gasteiger partial charge >= 0.3 is 6.03 Å². The van der Waals surface area contributed by atoms with Crippen molar-refractivity contribution in [3.63, 3.8) is 0 Å². The molecule has 2 aliphatic heterocycles. The number of benzene rings is 4. The number of hydrogen-bond acceptors (Lipinski definition) is 6. The van der Waals surface area contributed by atoms with Crippen LogP contribution in [0.5, 0.6) is 0 Å². The largest absolute Gasteiger partial charge is 0.338 e. The van der Waals surface area contributed by atoms with E-state index in [1.165, 1.54) is 5.01 Å². The third-order valence-corrected chi connectivity index (χ3v) is 10.0. The summed E-state index contributed by atoms with van der Waals surface area (Å²) in [7, 11) is 0.357. The summed E-state index contributed by atoms with van der Waals surface area (Å²) < 4.78 is 80.7. The molecule has 0 bridgehead atoms. The molecule has 6 rings (SSSR count). The Morgan fingerprint density at radius 2 is 1.42 bits per heavy atom. The molecule has 2 aliphatic rings. The lowest BCUT2D eigenvalue weighted by molar-refractivity contribution is 0.120. The molecule has 0 fully saturated rings. The van der Waals surface area contributed by atoms with Crippen LogP contribution in [0.2, 0.25) is 0 Å². The molecule has 2 unspecified atom stereocenters. The van der Waals surface area contributed by atoms with Gasteiger partial charge in [-0.3, -0.25) is 0 Å². The smallest absolute Gasteiger partial charge is 0.337 e. The van der Waals surface area contributed by atoms with E-state index >= 15 is 0 Å². The summed E-state index contributed by atoms with van der Waals surface area (Å²) in [4.78, 5) is 15.1. The van der Waals surface area contributed by atoms with E-state index in [4.69, 9.17) is 0 Å². The number of hydrazone groups is 2. The number of urea groups is 1. The van der Waals surface area contributed by atoms with E-state index in [1.807, 2.05) is 57.4 Å². The van der Waals surface area contributed by atoms with Crippen molar-refractivity contribution in [3.05, 3.63) is 143 Å². The van der Waals surface area contributed by atoms with Crippen molar-refractivity contribution in [1.82, 2.24) is 19.6 Å². The number of amides is 2. The Kier molecular flexibility index (Phi) is 12.3. The van der Waals surface area contributed by atoms with Crippen LogP contribution in [0.25, 0.3) is 0 Å². The molecule has 2 heterocycles. The summed E-state index contributed by atoms with van der Waals surface area (Å²) >= 11 is 0. The predicted molar refractivity (Wildman–Crippen MR) is 198 cm³/mol. The van der Waals surface area contributed by atoms with Gasteiger partial charge in [-0.1, -0.05) is 60.7 Å². The van der Waals surface area contributed by atoms with Gasteiger partial charge < -0.3 is 10.2 Å². The van der Waals surface area contributed by atoms with E-state index in [-0.39, 0.29) is 29.3 Å². The van der Waals surface area contributed by atoms with Gasteiger partial charge in [0.15, 0.2) is 0 Å². The van der Waals surface area contributed by atoms with E-state index < -0.39 is 44.9 Å². The monoisotopic (exact) mass is 750 g/mol. The molecule has 4 aromatic carbocycles. The van der Waals surface area contributed by atoms with Crippen LogP contribution >= 0.6 is 0 Å². The van der Waals surface area contributed by atoms with Gasteiger partial charge in [-0.05, 0) is 87.9 Å². The fourth-order valence-electron chi connectivity index (χ4n) is 6.54. The lowest BCUT2D eigenvalue weighted by atomic mass is 9.80. The lowest BCUT2D eigenvalue weighted by Gasteiger charge is -2.37. The highest BCUT2D eigenvalue weighted by atomic mass is 32.2. The van der Waals surface area contributed by atoms with Crippen LogP contribution in [0.4, 0.5) is 22.4 Å². The molecule has 2 atom stereocenters. The zero-order valence-corrected chi connectivity index (χ0v) is 30.8. The number of rotatable bonds is 10. The minimum atomic E-state index is -3.63. The summed E-state index contributed by atoms with van der Waals surface area (Å²) in [5.41, 5.74) is 1.55. The fourth-order valence-corrected chi connectivity index (χ4v) is 7.44. The van der Waals surface area contributed by atoms with Crippen molar-refractivity contribution >= 4 is 27.5 Å². The molecule has 1 N–H and O–H groups in total. The number of halogens is 4. The molecule has 14 heteroatoms. The second-order valence-corrected chi connectivity index (χ2v) is 15.0. The average Bonchev–Trinajstić information content (AvgIpc) is 3.76. The summed E-state index contributed by atoms with van der Waals surface area (Å²) in [5, 5.41) is 12.8. The zero-order valence-electron chi connectivity index (χ0n) is 29.9. The highest BCUT2D eigenvalue weighted by Gasteiger charge is 2.47. The van der Waals surface area contributed by atoms with Crippen molar-refractivity contribution in [2.24, 2.45) is 10.2 Å². The standard InChI is InChI=1S/C23H28F2N4O.C16H14F2N2O2S/c1-4-26-22(30)29-23(13-8-14-28(2)3,17-9-6-5-7-10-17)16-21(27-29)19-15-18(24)11-12-20(19)25;1-23(21,22)20-16(11-5-3-2-4-6-11)10-15(19-20)13-9-12(17)7-8-14(13)18/h5-7,9-12,15H,4,8,13-14,16H2,1-3H3,(H,26,30);2-9,16H,10H2,1H3. The van der Waals surface area contributed by atoms with Crippen molar-refractivity contribution < 1.29 is 30.8 Å². The molecule has 9 nitrogen and oxygen atoms in total. The van der Waals surface area contributed by atoms with Crippen molar-refractivity contribution in [1.29, 1.82) is 0 Å². The summed E-state index contributed by atoms with van der Waals surface area (Å²) in [6.07, 6.45) is 2.97. The molecular formula is C39H42F4N6O3S. The number of hydrogen-bond donors (Lipinski definition) is 1. The molecule has 0 spiro atoms. The number of sulfonamides is 1. The second-order valence-electron chi connectivity index (χ2n) is 13.1. The summed E-state index contributed by atoms with van der Waals surface area (Å²) in [6.45, 7) is 3.11. The Labute approximate surface area is 307 Å². The Hall–Kier alpha value is -5.08. The van der Waals surface area contributed by atoms with E-state index in [0.717, 1.165) is 71.2 Å².